The van der Waals surface area contributed by atoms with Crippen molar-refractivity contribution in [3.63, 3.8) is 0 Å². The Morgan fingerprint density at radius 1 is 1.07 bits per heavy atom. The van der Waals surface area contributed by atoms with Gasteiger partial charge in [0.15, 0.2) is 0 Å². The molecular weight excluding hydrogens is 411 g/mol. The van der Waals surface area contributed by atoms with E-state index in [0.29, 0.717) is 33.7 Å². The molecule has 0 spiro atoms. The number of rotatable bonds is 7. The third kappa shape index (κ3) is 5.73. The third-order valence-electron chi connectivity index (χ3n) is 4.00. The standard InChI is InChI=1S/C22H18Cl2N2O3/c1-28-21-8-3-2-7-19(21)22(27)26-25-13-15-5-4-6-18(11-15)29-14-16-9-10-17(23)12-20(16)24/h2-13H,14H2,1H3,(H,26,27)/b25-13-. The van der Waals surface area contributed by atoms with Crippen LogP contribution in [0.4, 0.5) is 0 Å². The zero-order valence-corrected chi connectivity index (χ0v) is 17.1. The first kappa shape index (κ1) is 20.7. The topological polar surface area (TPSA) is 59.9 Å². The number of carbonyl (C=O) groups excluding carboxylic acids is 1. The second-order valence-corrected chi connectivity index (χ2v) is 6.84. The highest BCUT2D eigenvalue weighted by Gasteiger charge is 2.10. The number of benzene rings is 3. The summed E-state index contributed by atoms with van der Waals surface area (Å²) >= 11 is 12.1. The number of carbonyl (C=O) groups is 1. The van der Waals surface area contributed by atoms with Crippen LogP contribution in [0.5, 0.6) is 11.5 Å². The Morgan fingerprint density at radius 3 is 2.69 bits per heavy atom. The summed E-state index contributed by atoms with van der Waals surface area (Å²) in [4.78, 5) is 12.2. The molecule has 1 amide bonds. The number of hydrazone groups is 1. The highest BCUT2D eigenvalue weighted by molar-refractivity contribution is 6.35. The molecule has 0 fully saturated rings. The molecule has 3 aromatic rings. The second kappa shape index (κ2) is 9.96. The molecule has 0 atom stereocenters. The van der Waals surface area contributed by atoms with Gasteiger partial charge in [0.1, 0.15) is 18.1 Å². The lowest BCUT2D eigenvalue weighted by Gasteiger charge is -2.09. The van der Waals surface area contributed by atoms with Crippen molar-refractivity contribution < 1.29 is 14.3 Å². The molecule has 0 radical (unpaired) electrons. The van der Waals surface area contributed by atoms with Crippen LogP contribution in [0.15, 0.2) is 71.8 Å². The van der Waals surface area contributed by atoms with E-state index in [1.165, 1.54) is 13.3 Å². The third-order valence-corrected chi connectivity index (χ3v) is 4.59. The van der Waals surface area contributed by atoms with E-state index in [1.807, 2.05) is 30.3 Å². The van der Waals surface area contributed by atoms with E-state index in [2.05, 4.69) is 10.5 Å². The molecule has 0 aromatic heterocycles. The first-order valence-corrected chi connectivity index (χ1v) is 9.45. The van der Waals surface area contributed by atoms with Gasteiger partial charge in [-0.2, -0.15) is 5.10 Å². The minimum Gasteiger partial charge on any atom is -0.496 e. The van der Waals surface area contributed by atoms with E-state index in [-0.39, 0.29) is 5.91 Å². The molecule has 0 unspecified atom stereocenters. The number of halogens is 2. The summed E-state index contributed by atoms with van der Waals surface area (Å²) in [7, 11) is 1.51. The van der Waals surface area contributed by atoms with Crippen molar-refractivity contribution in [3.05, 3.63) is 93.5 Å². The van der Waals surface area contributed by atoms with E-state index < -0.39 is 0 Å². The molecule has 0 bridgehead atoms. The highest BCUT2D eigenvalue weighted by Crippen LogP contribution is 2.23. The Labute approximate surface area is 178 Å². The molecular formula is C22H18Cl2N2O3. The molecule has 29 heavy (non-hydrogen) atoms. The van der Waals surface area contributed by atoms with Gasteiger partial charge in [-0.25, -0.2) is 5.43 Å². The minimum atomic E-state index is -0.358. The number of amides is 1. The van der Waals surface area contributed by atoms with E-state index in [0.717, 1.165) is 11.1 Å². The molecule has 0 aliphatic rings. The molecule has 3 rings (SSSR count). The van der Waals surface area contributed by atoms with E-state index in [9.17, 15) is 4.79 Å². The predicted octanol–water partition coefficient (Wildman–Crippen LogP) is 5.34. The fourth-order valence-electron chi connectivity index (χ4n) is 2.54. The lowest BCUT2D eigenvalue weighted by atomic mass is 10.2. The van der Waals surface area contributed by atoms with Crippen molar-refractivity contribution in [1.82, 2.24) is 5.43 Å². The highest BCUT2D eigenvalue weighted by atomic mass is 35.5. The molecule has 1 N–H and O–H groups in total. The lowest BCUT2D eigenvalue weighted by molar-refractivity contribution is 0.0952. The van der Waals surface area contributed by atoms with Crippen LogP contribution in [0.25, 0.3) is 0 Å². The van der Waals surface area contributed by atoms with Gasteiger partial charge in [0.05, 0.1) is 18.9 Å². The summed E-state index contributed by atoms with van der Waals surface area (Å²) in [6.07, 6.45) is 1.54. The number of hydrogen-bond donors (Lipinski definition) is 1. The van der Waals surface area contributed by atoms with Gasteiger partial charge in [-0.05, 0) is 42.0 Å². The van der Waals surface area contributed by atoms with Gasteiger partial charge in [0.2, 0.25) is 0 Å². The smallest absolute Gasteiger partial charge is 0.275 e. The van der Waals surface area contributed by atoms with Crippen molar-refractivity contribution in [2.24, 2.45) is 5.10 Å². The quantitative estimate of drug-likeness (QED) is 0.407. The number of hydrogen-bond acceptors (Lipinski definition) is 4. The van der Waals surface area contributed by atoms with Crippen LogP contribution >= 0.6 is 23.2 Å². The summed E-state index contributed by atoms with van der Waals surface area (Å²) in [5.41, 5.74) is 4.50. The first-order chi connectivity index (χ1) is 14.1. The van der Waals surface area contributed by atoms with Crippen LogP contribution in [0.1, 0.15) is 21.5 Å². The number of ether oxygens (including phenoxy) is 2. The summed E-state index contributed by atoms with van der Waals surface area (Å²) in [5, 5.41) is 5.13. The van der Waals surface area contributed by atoms with Crippen molar-refractivity contribution in [1.29, 1.82) is 0 Å². The Bertz CT molecular complexity index is 1040. The molecule has 5 nitrogen and oxygen atoms in total. The molecule has 7 heteroatoms. The number of nitrogens with zero attached hydrogens (tertiary/aromatic N) is 1. The lowest BCUT2D eigenvalue weighted by Crippen LogP contribution is -2.18. The maximum absolute atomic E-state index is 12.2. The summed E-state index contributed by atoms with van der Waals surface area (Å²) < 4.78 is 11.0. The van der Waals surface area contributed by atoms with Crippen LogP contribution in [0.3, 0.4) is 0 Å². The van der Waals surface area contributed by atoms with Gasteiger partial charge in [0.25, 0.3) is 5.91 Å². The van der Waals surface area contributed by atoms with Crippen LogP contribution in [-0.2, 0) is 6.61 Å². The van der Waals surface area contributed by atoms with Gasteiger partial charge < -0.3 is 9.47 Å². The number of para-hydroxylation sites is 1. The maximum atomic E-state index is 12.2. The Hall–Kier alpha value is -3.02. The summed E-state index contributed by atoms with van der Waals surface area (Å²) in [6.45, 7) is 0.307. The van der Waals surface area contributed by atoms with Gasteiger partial charge in [-0.1, -0.05) is 53.5 Å². The zero-order chi connectivity index (χ0) is 20.6. The van der Waals surface area contributed by atoms with Crippen LogP contribution in [-0.4, -0.2) is 19.2 Å². The Balaban J connectivity index is 1.61. The fraction of sp³-hybridized carbons (Fsp3) is 0.0909. The zero-order valence-electron chi connectivity index (χ0n) is 15.6. The van der Waals surface area contributed by atoms with Crippen molar-refractivity contribution >= 4 is 35.3 Å². The van der Waals surface area contributed by atoms with Crippen molar-refractivity contribution in [2.75, 3.05) is 7.11 Å². The maximum Gasteiger partial charge on any atom is 0.275 e. The molecule has 0 aliphatic carbocycles. The summed E-state index contributed by atoms with van der Waals surface area (Å²) in [6, 6.07) is 19.5. The van der Waals surface area contributed by atoms with E-state index in [4.69, 9.17) is 32.7 Å². The average Bonchev–Trinajstić information content (AvgIpc) is 2.73. The van der Waals surface area contributed by atoms with Crippen molar-refractivity contribution in [2.45, 2.75) is 6.61 Å². The summed E-state index contributed by atoms with van der Waals surface area (Å²) in [5.74, 6) is 0.774. The average molecular weight is 429 g/mol. The molecule has 3 aromatic carbocycles. The van der Waals surface area contributed by atoms with Gasteiger partial charge in [-0.15, -0.1) is 0 Å². The van der Waals surface area contributed by atoms with Gasteiger partial charge in [-0.3, -0.25) is 4.79 Å². The van der Waals surface area contributed by atoms with Crippen LogP contribution in [0, 0.1) is 0 Å². The van der Waals surface area contributed by atoms with Crippen LogP contribution < -0.4 is 14.9 Å². The molecule has 0 saturated carbocycles. The molecule has 0 heterocycles. The van der Waals surface area contributed by atoms with Gasteiger partial charge >= 0.3 is 0 Å². The second-order valence-electron chi connectivity index (χ2n) is 6.00. The molecule has 148 valence electrons. The predicted molar refractivity (Wildman–Crippen MR) is 115 cm³/mol. The molecule has 0 saturated heterocycles. The van der Waals surface area contributed by atoms with E-state index >= 15 is 0 Å². The largest absolute Gasteiger partial charge is 0.496 e. The SMILES string of the molecule is COc1ccccc1C(=O)N/N=C\c1cccc(OCc2ccc(Cl)cc2Cl)c1. The first-order valence-electron chi connectivity index (χ1n) is 8.70. The Kier molecular flexibility index (Phi) is 7.11. The minimum absolute atomic E-state index is 0.307. The van der Waals surface area contributed by atoms with E-state index in [1.54, 1.807) is 36.4 Å². The van der Waals surface area contributed by atoms with Crippen molar-refractivity contribution in [3.8, 4) is 11.5 Å². The van der Waals surface area contributed by atoms with Crippen LogP contribution in [0.2, 0.25) is 10.0 Å². The fourth-order valence-corrected chi connectivity index (χ4v) is 3.01. The monoisotopic (exact) mass is 428 g/mol. The van der Waals surface area contributed by atoms with Gasteiger partial charge in [0, 0.05) is 15.6 Å². The molecule has 0 aliphatic heterocycles. The normalized spacial score (nSPS) is 10.7. The Morgan fingerprint density at radius 2 is 1.90 bits per heavy atom. The number of methoxy groups -OCH3 is 1. The number of nitrogens with one attached hydrogen (secondary N) is 1.